The van der Waals surface area contributed by atoms with Crippen LogP contribution in [0.1, 0.15) is 16.3 Å². The lowest BCUT2D eigenvalue weighted by molar-refractivity contribution is -0.385. The molecule has 2 aromatic rings. The highest BCUT2D eigenvalue weighted by atomic mass is 32.1. The van der Waals surface area contributed by atoms with Gasteiger partial charge in [0.25, 0.3) is 0 Å². The van der Waals surface area contributed by atoms with E-state index in [1.54, 1.807) is 0 Å². The Morgan fingerprint density at radius 3 is 2.90 bits per heavy atom. The van der Waals surface area contributed by atoms with E-state index in [9.17, 15) is 15.2 Å². The Morgan fingerprint density at radius 1 is 1.60 bits per heavy atom. The van der Waals surface area contributed by atoms with Crippen molar-refractivity contribution in [2.24, 2.45) is 0 Å². The van der Waals surface area contributed by atoms with E-state index in [1.807, 2.05) is 18.4 Å². The highest BCUT2D eigenvalue weighted by Crippen LogP contribution is 2.28. The quantitative estimate of drug-likeness (QED) is 0.531. The fraction of sp³-hybridized carbons (Fsp3) is 0.0769. The lowest BCUT2D eigenvalue weighted by Gasteiger charge is -1.98. The highest BCUT2D eigenvalue weighted by Gasteiger charge is 2.13. The summed E-state index contributed by atoms with van der Waals surface area (Å²) in [6, 6.07) is 5.96. The SMILES string of the molecule is Cc1csc(/C(C#N)=C/c2ccc(O)c([N+](=O)[O-])c2)n1. The Bertz CT molecular complexity index is 744. The van der Waals surface area contributed by atoms with E-state index in [2.05, 4.69) is 4.98 Å². The molecule has 2 rings (SSSR count). The van der Waals surface area contributed by atoms with E-state index in [0.717, 1.165) is 5.69 Å². The number of aromatic hydroxyl groups is 1. The molecule has 0 aliphatic rings. The van der Waals surface area contributed by atoms with Crippen molar-refractivity contribution in [3.05, 3.63) is 50.0 Å². The summed E-state index contributed by atoms with van der Waals surface area (Å²) in [6.07, 6.45) is 1.50. The van der Waals surface area contributed by atoms with Crippen molar-refractivity contribution in [2.45, 2.75) is 6.92 Å². The van der Waals surface area contributed by atoms with Gasteiger partial charge >= 0.3 is 5.69 Å². The van der Waals surface area contributed by atoms with Gasteiger partial charge in [-0.15, -0.1) is 11.3 Å². The smallest absolute Gasteiger partial charge is 0.311 e. The van der Waals surface area contributed by atoms with Crippen molar-refractivity contribution in [2.75, 3.05) is 0 Å². The first-order valence-corrected chi connectivity index (χ1v) is 6.41. The number of phenolic OH excluding ortho intramolecular Hbond substituents is 1. The zero-order valence-electron chi connectivity index (χ0n) is 10.4. The van der Waals surface area contributed by atoms with Gasteiger partial charge in [0.05, 0.1) is 10.5 Å². The van der Waals surface area contributed by atoms with E-state index < -0.39 is 16.4 Å². The molecule has 20 heavy (non-hydrogen) atoms. The average molecular weight is 287 g/mol. The number of rotatable bonds is 3. The number of nitriles is 1. The monoisotopic (exact) mass is 287 g/mol. The summed E-state index contributed by atoms with van der Waals surface area (Å²) in [7, 11) is 0. The molecule has 0 saturated heterocycles. The van der Waals surface area contributed by atoms with Gasteiger partial charge < -0.3 is 5.11 Å². The molecule has 0 atom stereocenters. The van der Waals surface area contributed by atoms with Gasteiger partial charge in [-0.25, -0.2) is 4.98 Å². The number of benzene rings is 1. The van der Waals surface area contributed by atoms with Gasteiger partial charge in [-0.3, -0.25) is 10.1 Å². The van der Waals surface area contributed by atoms with Crippen LogP contribution in [0, 0.1) is 28.4 Å². The Morgan fingerprint density at radius 2 is 2.35 bits per heavy atom. The average Bonchev–Trinajstić information content (AvgIpc) is 2.84. The molecule has 0 spiro atoms. The van der Waals surface area contributed by atoms with Crippen LogP contribution in [0.15, 0.2) is 23.6 Å². The first-order chi connectivity index (χ1) is 9.51. The lowest BCUT2D eigenvalue weighted by atomic mass is 10.1. The fourth-order valence-electron chi connectivity index (χ4n) is 1.56. The second-order valence-electron chi connectivity index (χ2n) is 3.97. The van der Waals surface area contributed by atoms with Gasteiger partial charge in [-0.05, 0) is 24.6 Å². The standard InChI is InChI=1S/C13H9N3O3S/c1-8-7-20-13(15-8)10(6-14)4-9-2-3-12(17)11(5-9)16(18)19/h2-5,7,17H,1H3/b10-4+. The fourth-order valence-corrected chi connectivity index (χ4v) is 2.33. The molecule has 0 radical (unpaired) electrons. The summed E-state index contributed by atoms with van der Waals surface area (Å²) in [5.74, 6) is -0.407. The molecule has 0 saturated carbocycles. The second-order valence-corrected chi connectivity index (χ2v) is 4.83. The number of aromatic nitrogens is 1. The summed E-state index contributed by atoms with van der Waals surface area (Å²) in [6.45, 7) is 1.82. The van der Waals surface area contributed by atoms with Gasteiger partial charge in [0.1, 0.15) is 11.1 Å². The van der Waals surface area contributed by atoms with Gasteiger partial charge in [0, 0.05) is 17.1 Å². The molecule has 1 aromatic heterocycles. The first kappa shape index (κ1) is 13.7. The van der Waals surface area contributed by atoms with E-state index in [0.29, 0.717) is 16.1 Å². The first-order valence-electron chi connectivity index (χ1n) is 5.53. The van der Waals surface area contributed by atoms with Gasteiger partial charge in [-0.2, -0.15) is 5.26 Å². The number of hydrogen-bond donors (Lipinski definition) is 1. The Hall–Kier alpha value is -2.72. The normalized spacial score (nSPS) is 11.1. The Labute approximate surface area is 118 Å². The van der Waals surface area contributed by atoms with Crippen molar-refractivity contribution in [1.29, 1.82) is 5.26 Å². The lowest BCUT2D eigenvalue weighted by Crippen LogP contribution is -1.89. The molecule has 1 N–H and O–H groups in total. The molecule has 1 aromatic carbocycles. The predicted octanol–water partition coefficient (Wildman–Crippen LogP) is 3.13. The van der Waals surface area contributed by atoms with E-state index in [1.165, 1.54) is 35.6 Å². The number of allylic oxidation sites excluding steroid dienone is 1. The van der Waals surface area contributed by atoms with Crippen LogP contribution in [-0.2, 0) is 0 Å². The van der Waals surface area contributed by atoms with Gasteiger partial charge in [0.2, 0.25) is 0 Å². The zero-order chi connectivity index (χ0) is 14.7. The Kier molecular flexibility index (Phi) is 3.77. The van der Waals surface area contributed by atoms with Gasteiger partial charge in [0.15, 0.2) is 5.75 Å². The molecule has 0 amide bonds. The molecular formula is C13H9N3O3S. The number of hydrogen-bond acceptors (Lipinski definition) is 6. The van der Waals surface area contributed by atoms with Crippen LogP contribution in [0.25, 0.3) is 11.6 Å². The maximum atomic E-state index is 10.8. The van der Waals surface area contributed by atoms with Crippen molar-refractivity contribution in [1.82, 2.24) is 4.98 Å². The minimum atomic E-state index is -0.674. The molecule has 0 aliphatic heterocycles. The summed E-state index contributed by atoms with van der Waals surface area (Å²) in [5.41, 5.74) is 1.19. The molecule has 6 nitrogen and oxygen atoms in total. The van der Waals surface area contributed by atoms with Crippen LogP contribution in [0.4, 0.5) is 5.69 Å². The van der Waals surface area contributed by atoms with Crippen LogP contribution >= 0.6 is 11.3 Å². The van der Waals surface area contributed by atoms with Crippen LogP contribution in [-0.4, -0.2) is 15.0 Å². The van der Waals surface area contributed by atoms with Gasteiger partial charge in [-0.1, -0.05) is 6.07 Å². The maximum Gasteiger partial charge on any atom is 0.311 e. The third-order valence-corrected chi connectivity index (χ3v) is 3.47. The minimum Gasteiger partial charge on any atom is -0.502 e. The second kappa shape index (κ2) is 5.50. The third-order valence-electron chi connectivity index (χ3n) is 2.48. The Balaban J connectivity index is 2.46. The van der Waals surface area contributed by atoms with E-state index >= 15 is 0 Å². The van der Waals surface area contributed by atoms with Crippen molar-refractivity contribution < 1.29 is 10.0 Å². The van der Waals surface area contributed by atoms with E-state index in [4.69, 9.17) is 5.26 Å². The topological polar surface area (TPSA) is 100 Å². The number of nitro benzene ring substituents is 1. The van der Waals surface area contributed by atoms with Crippen LogP contribution in [0.3, 0.4) is 0 Å². The van der Waals surface area contributed by atoms with Crippen LogP contribution < -0.4 is 0 Å². The number of nitro groups is 1. The van der Waals surface area contributed by atoms with E-state index in [-0.39, 0.29) is 0 Å². The number of aryl methyl sites for hydroxylation is 1. The summed E-state index contributed by atoms with van der Waals surface area (Å²) in [5, 5.41) is 31.7. The minimum absolute atomic E-state index is 0.322. The third kappa shape index (κ3) is 2.81. The highest BCUT2D eigenvalue weighted by molar-refractivity contribution is 7.11. The number of thiazole rings is 1. The zero-order valence-corrected chi connectivity index (χ0v) is 11.2. The largest absolute Gasteiger partial charge is 0.502 e. The molecule has 0 unspecified atom stereocenters. The number of phenols is 1. The summed E-state index contributed by atoms with van der Waals surface area (Å²) >= 11 is 1.33. The molecule has 0 bridgehead atoms. The molecule has 100 valence electrons. The summed E-state index contributed by atoms with van der Waals surface area (Å²) in [4.78, 5) is 14.3. The number of nitrogens with zero attached hydrogens (tertiary/aromatic N) is 3. The van der Waals surface area contributed by atoms with Crippen molar-refractivity contribution in [3.63, 3.8) is 0 Å². The molecule has 7 heteroatoms. The molecule has 0 fully saturated rings. The van der Waals surface area contributed by atoms with Crippen molar-refractivity contribution in [3.8, 4) is 11.8 Å². The molecule has 0 aliphatic carbocycles. The van der Waals surface area contributed by atoms with Crippen molar-refractivity contribution >= 4 is 28.7 Å². The summed E-state index contributed by atoms with van der Waals surface area (Å²) < 4.78 is 0. The molecule has 1 heterocycles. The van der Waals surface area contributed by atoms with Crippen LogP contribution in [0.5, 0.6) is 5.75 Å². The maximum absolute atomic E-state index is 10.8. The predicted molar refractivity (Wildman–Crippen MR) is 75.1 cm³/mol. The molecular weight excluding hydrogens is 278 g/mol. The van der Waals surface area contributed by atoms with Crippen LogP contribution in [0.2, 0.25) is 0 Å².